The molecule has 0 unspecified atom stereocenters. The maximum absolute atomic E-state index is 12.1. The van der Waals surface area contributed by atoms with E-state index in [4.69, 9.17) is 9.47 Å². The molecule has 3 rings (SSSR count). The number of ether oxygens (including phenoxy) is 2. The molecule has 138 valence electrons. The number of hydrogen-bond donors (Lipinski definition) is 1. The number of sulfonamides is 1. The first kappa shape index (κ1) is 18.1. The molecule has 1 aliphatic heterocycles. The number of benzene rings is 2. The highest BCUT2D eigenvalue weighted by molar-refractivity contribution is 7.93. The maximum Gasteiger partial charge on any atom is 0.262 e. The predicted octanol–water partition coefficient (Wildman–Crippen LogP) is 2.25. The summed E-state index contributed by atoms with van der Waals surface area (Å²) in [6.45, 7) is 0.267. The van der Waals surface area contributed by atoms with Gasteiger partial charge in [0.15, 0.2) is 18.1 Å². The smallest absolute Gasteiger partial charge is 0.262 e. The number of carbonyl (C=O) groups excluding carboxylic acids is 1. The SMILES string of the molecule is COc1ccccc1OCC(=O)Nc1cccc(N2CCCS2(=O)=O)c1. The van der Waals surface area contributed by atoms with Gasteiger partial charge in [0.05, 0.1) is 18.6 Å². The molecule has 8 heteroatoms. The molecule has 1 N–H and O–H groups in total. The van der Waals surface area contributed by atoms with Crippen LogP contribution in [0.1, 0.15) is 6.42 Å². The number of hydrogen-bond acceptors (Lipinski definition) is 5. The number of nitrogens with zero attached hydrogens (tertiary/aromatic N) is 1. The van der Waals surface area contributed by atoms with Gasteiger partial charge in [0.25, 0.3) is 5.91 Å². The summed E-state index contributed by atoms with van der Waals surface area (Å²) in [6, 6.07) is 13.8. The van der Waals surface area contributed by atoms with Crippen LogP contribution in [-0.4, -0.2) is 40.3 Å². The van der Waals surface area contributed by atoms with Crippen LogP contribution in [0, 0.1) is 0 Å². The average Bonchev–Trinajstić information content (AvgIpc) is 2.99. The van der Waals surface area contributed by atoms with Gasteiger partial charge in [-0.15, -0.1) is 0 Å². The zero-order valence-corrected chi connectivity index (χ0v) is 15.2. The Labute approximate surface area is 152 Å². The maximum atomic E-state index is 12.1. The molecule has 0 bridgehead atoms. The lowest BCUT2D eigenvalue weighted by molar-refractivity contribution is -0.118. The number of methoxy groups -OCH3 is 1. The average molecular weight is 376 g/mol. The Morgan fingerprint density at radius 2 is 1.92 bits per heavy atom. The number of para-hydroxylation sites is 2. The van der Waals surface area contributed by atoms with Crippen LogP contribution < -0.4 is 19.1 Å². The van der Waals surface area contributed by atoms with Crippen LogP contribution in [0.5, 0.6) is 11.5 Å². The Hall–Kier alpha value is -2.74. The third-order valence-corrected chi connectivity index (χ3v) is 5.81. The molecule has 1 aliphatic rings. The summed E-state index contributed by atoms with van der Waals surface area (Å²) in [4.78, 5) is 12.1. The first-order valence-electron chi connectivity index (χ1n) is 8.16. The molecular weight excluding hydrogens is 356 g/mol. The highest BCUT2D eigenvalue weighted by Crippen LogP contribution is 2.27. The van der Waals surface area contributed by atoms with Gasteiger partial charge in [-0.3, -0.25) is 9.10 Å². The van der Waals surface area contributed by atoms with Crippen LogP contribution in [0.25, 0.3) is 0 Å². The monoisotopic (exact) mass is 376 g/mol. The summed E-state index contributed by atoms with van der Waals surface area (Å²) in [7, 11) is -1.73. The fourth-order valence-electron chi connectivity index (χ4n) is 2.75. The standard InChI is InChI=1S/C18H20N2O5S/c1-24-16-8-2-3-9-17(16)25-13-18(21)19-14-6-4-7-15(12-14)20-10-5-11-26(20,22)23/h2-4,6-9,12H,5,10-11,13H2,1H3,(H,19,21). The fourth-order valence-corrected chi connectivity index (χ4v) is 4.30. The summed E-state index contributed by atoms with van der Waals surface area (Å²) in [5, 5.41) is 2.71. The van der Waals surface area contributed by atoms with Gasteiger partial charge in [-0.25, -0.2) is 8.42 Å². The van der Waals surface area contributed by atoms with E-state index in [1.54, 1.807) is 42.5 Å². The Kier molecular flexibility index (Phi) is 5.32. The number of carbonyl (C=O) groups is 1. The first-order valence-corrected chi connectivity index (χ1v) is 9.77. The van der Waals surface area contributed by atoms with Gasteiger partial charge in [-0.05, 0) is 36.8 Å². The molecule has 7 nitrogen and oxygen atoms in total. The van der Waals surface area contributed by atoms with Crippen LogP contribution >= 0.6 is 0 Å². The Bertz CT molecular complexity index is 898. The van der Waals surface area contributed by atoms with Crippen molar-refractivity contribution in [1.29, 1.82) is 0 Å². The topological polar surface area (TPSA) is 84.9 Å². The van der Waals surface area contributed by atoms with Crippen molar-refractivity contribution >= 4 is 27.3 Å². The van der Waals surface area contributed by atoms with Crippen molar-refractivity contribution in [3.8, 4) is 11.5 Å². The molecule has 2 aromatic carbocycles. The molecule has 0 spiro atoms. The second-order valence-electron chi connectivity index (χ2n) is 5.78. The van der Waals surface area contributed by atoms with E-state index in [0.29, 0.717) is 35.8 Å². The van der Waals surface area contributed by atoms with E-state index < -0.39 is 10.0 Å². The van der Waals surface area contributed by atoms with E-state index in [-0.39, 0.29) is 18.3 Å². The Morgan fingerprint density at radius 1 is 1.15 bits per heavy atom. The fraction of sp³-hybridized carbons (Fsp3) is 0.278. The third kappa shape index (κ3) is 4.08. The quantitative estimate of drug-likeness (QED) is 0.836. The largest absolute Gasteiger partial charge is 0.493 e. The molecule has 1 saturated heterocycles. The van der Waals surface area contributed by atoms with Gasteiger partial charge in [-0.1, -0.05) is 18.2 Å². The Morgan fingerprint density at radius 3 is 2.62 bits per heavy atom. The van der Waals surface area contributed by atoms with E-state index in [9.17, 15) is 13.2 Å². The van der Waals surface area contributed by atoms with Crippen molar-refractivity contribution in [1.82, 2.24) is 0 Å². The normalized spacial score (nSPS) is 15.5. The second kappa shape index (κ2) is 7.65. The minimum absolute atomic E-state index is 0.149. The van der Waals surface area contributed by atoms with Gasteiger partial charge < -0.3 is 14.8 Å². The van der Waals surface area contributed by atoms with Crippen LogP contribution in [0.3, 0.4) is 0 Å². The molecule has 0 atom stereocenters. The van der Waals surface area contributed by atoms with Crippen LogP contribution in [0.4, 0.5) is 11.4 Å². The van der Waals surface area contributed by atoms with Gasteiger partial charge in [-0.2, -0.15) is 0 Å². The summed E-state index contributed by atoms with van der Waals surface area (Å²) in [5.74, 6) is 0.817. The summed E-state index contributed by atoms with van der Waals surface area (Å²) in [6.07, 6.45) is 0.603. The van der Waals surface area contributed by atoms with Crippen molar-refractivity contribution in [3.05, 3.63) is 48.5 Å². The van der Waals surface area contributed by atoms with Crippen molar-refractivity contribution in [2.45, 2.75) is 6.42 Å². The number of nitrogens with one attached hydrogen (secondary N) is 1. The third-order valence-electron chi connectivity index (χ3n) is 3.95. The molecule has 1 heterocycles. The van der Waals surface area contributed by atoms with Crippen molar-refractivity contribution in [2.24, 2.45) is 0 Å². The molecular formula is C18H20N2O5S. The lowest BCUT2D eigenvalue weighted by atomic mass is 10.2. The number of rotatable bonds is 6. The molecule has 0 aliphatic carbocycles. The minimum atomic E-state index is -3.26. The Balaban J connectivity index is 1.64. The number of anilines is 2. The zero-order chi connectivity index (χ0) is 18.6. The van der Waals surface area contributed by atoms with Gasteiger partial charge in [0.1, 0.15) is 0 Å². The highest BCUT2D eigenvalue weighted by atomic mass is 32.2. The lowest BCUT2D eigenvalue weighted by Gasteiger charge is -2.18. The molecule has 2 aromatic rings. The summed E-state index contributed by atoms with van der Waals surface area (Å²) < 4.78 is 36.1. The van der Waals surface area contributed by atoms with Gasteiger partial charge >= 0.3 is 0 Å². The predicted molar refractivity (Wildman–Crippen MR) is 99.3 cm³/mol. The lowest BCUT2D eigenvalue weighted by Crippen LogP contribution is -2.25. The summed E-state index contributed by atoms with van der Waals surface area (Å²) in [5.41, 5.74) is 1.06. The number of amides is 1. The van der Waals surface area contributed by atoms with E-state index in [2.05, 4.69) is 5.32 Å². The van der Waals surface area contributed by atoms with Crippen LogP contribution in [0.2, 0.25) is 0 Å². The van der Waals surface area contributed by atoms with Gasteiger partial charge in [0, 0.05) is 12.2 Å². The zero-order valence-electron chi connectivity index (χ0n) is 14.3. The van der Waals surface area contributed by atoms with E-state index in [0.717, 1.165) is 0 Å². The van der Waals surface area contributed by atoms with Gasteiger partial charge in [0.2, 0.25) is 10.0 Å². The second-order valence-corrected chi connectivity index (χ2v) is 7.79. The van der Waals surface area contributed by atoms with Crippen molar-refractivity contribution in [3.63, 3.8) is 0 Å². The molecule has 26 heavy (non-hydrogen) atoms. The van der Waals surface area contributed by atoms with Crippen molar-refractivity contribution in [2.75, 3.05) is 35.6 Å². The molecule has 0 aromatic heterocycles. The molecule has 1 amide bonds. The molecule has 0 radical (unpaired) electrons. The summed E-state index contributed by atoms with van der Waals surface area (Å²) >= 11 is 0. The highest BCUT2D eigenvalue weighted by Gasteiger charge is 2.28. The molecule has 1 fully saturated rings. The van der Waals surface area contributed by atoms with E-state index in [1.165, 1.54) is 11.4 Å². The minimum Gasteiger partial charge on any atom is -0.493 e. The van der Waals surface area contributed by atoms with Crippen molar-refractivity contribution < 1.29 is 22.7 Å². The van der Waals surface area contributed by atoms with Crippen LogP contribution in [0.15, 0.2) is 48.5 Å². The molecule has 0 saturated carbocycles. The van der Waals surface area contributed by atoms with E-state index >= 15 is 0 Å². The van der Waals surface area contributed by atoms with E-state index in [1.807, 2.05) is 6.07 Å². The first-order chi connectivity index (χ1) is 12.5. The van der Waals surface area contributed by atoms with Crippen LogP contribution in [-0.2, 0) is 14.8 Å².